The molecule has 0 radical (unpaired) electrons. The number of carbonyl (C=O) groups excluding carboxylic acids is 2. The van der Waals surface area contributed by atoms with Crippen molar-refractivity contribution in [1.29, 1.82) is 0 Å². The van der Waals surface area contributed by atoms with Crippen LogP contribution in [-0.4, -0.2) is 16.0 Å². The second kappa shape index (κ2) is 3.02. The molecular weight excluding hydrogens is 184 g/mol. The molecule has 0 atom stereocenters. The number of amides is 1. The van der Waals surface area contributed by atoms with E-state index in [1.54, 1.807) is 0 Å². The second-order valence-corrected chi connectivity index (χ2v) is 2.97. The molecule has 1 heterocycles. The van der Waals surface area contributed by atoms with E-state index in [1.807, 2.05) is 0 Å². The van der Waals surface area contributed by atoms with Crippen LogP contribution in [0, 0.1) is 0 Å². The maximum atomic E-state index is 10.5. The molecule has 1 amide bonds. The first-order chi connectivity index (χ1) is 5.11. The van der Waals surface area contributed by atoms with Gasteiger partial charge in [-0.2, -0.15) is 0 Å². The minimum atomic E-state index is -0.629. The number of aromatic nitrogens is 1. The summed E-state index contributed by atoms with van der Waals surface area (Å²) < 4.78 is 0. The zero-order valence-electron chi connectivity index (χ0n) is 5.27. The highest BCUT2D eigenvalue weighted by atomic mass is 32.1. The van der Waals surface area contributed by atoms with Crippen LogP contribution in [0.25, 0.3) is 0 Å². The zero-order chi connectivity index (χ0) is 8.43. The quantitative estimate of drug-likeness (QED) is 0.656. The van der Waals surface area contributed by atoms with Crippen LogP contribution in [0.2, 0.25) is 0 Å². The van der Waals surface area contributed by atoms with E-state index in [-0.39, 0.29) is 10.7 Å². The fraction of sp³-hybridized carbons (Fsp3) is 0. The topological polar surface area (TPSA) is 73.1 Å². The summed E-state index contributed by atoms with van der Waals surface area (Å²) in [6.07, 6.45) is 0. The molecule has 0 fully saturated rings. The Labute approximate surface area is 71.8 Å². The van der Waals surface area contributed by atoms with Crippen LogP contribution in [0.15, 0.2) is 5.38 Å². The molecule has 0 aliphatic rings. The summed E-state index contributed by atoms with van der Waals surface area (Å²) in [5.41, 5.74) is 5.06. The van der Waals surface area contributed by atoms with E-state index in [0.29, 0.717) is 0 Å². The van der Waals surface area contributed by atoms with E-state index in [4.69, 9.17) is 5.73 Å². The Morgan fingerprint density at radius 2 is 2.27 bits per heavy atom. The molecule has 0 saturated heterocycles. The minimum Gasteiger partial charge on any atom is -0.364 e. The number of thiol groups is 1. The Morgan fingerprint density at radius 3 is 2.55 bits per heavy atom. The normalized spacial score (nSPS) is 9.55. The highest BCUT2D eigenvalue weighted by Crippen LogP contribution is 2.10. The molecule has 0 aliphatic carbocycles. The SMILES string of the molecule is NC(=O)c1nc(C(=O)S)cs1. The van der Waals surface area contributed by atoms with Crippen molar-refractivity contribution < 1.29 is 9.59 Å². The van der Waals surface area contributed by atoms with Crippen LogP contribution in [-0.2, 0) is 0 Å². The molecule has 0 aromatic carbocycles. The van der Waals surface area contributed by atoms with Gasteiger partial charge in [-0.15, -0.1) is 11.3 Å². The summed E-state index contributed by atoms with van der Waals surface area (Å²) in [5, 5.41) is 1.10. The van der Waals surface area contributed by atoms with Crippen LogP contribution in [0.1, 0.15) is 20.3 Å². The number of nitrogens with two attached hydrogens (primary N) is 1. The maximum Gasteiger partial charge on any atom is 0.277 e. The molecule has 0 aliphatic heterocycles. The third-order valence-corrected chi connectivity index (χ3v) is 2.02. The van der Waals surface area contributed by atoms with Gasteiger partial charge in [0.05, 0.1) is 0 Å². The third-order valence-electron chi connectivity index (χ3n) is 0.934. The number of hydrogen-bond acceptors (Lipinski definition) is 4. The lowest BCUT2D eigenvalue weighted by atomic mass is 10.5. The van der Waals surface area contributed by atoms with Gasteiger partial charge in [0.15, 0.2) is 5.01 Å². The van der Waals surface area contributed by atoms with Gasteiger partial charge in [-0.25, -0.2) is 4.98 Å². The fourth-order valence-corrected chi connectivity index (χ4v) is 1.34. The molecular formula is C5H4N2O2S2. The molecule has 4 nitrogen and oxygen atoms in total. The Bertz CT molecular complexity index is 279. The largest absolute Gasteiger partial charge is 0.364 e. The molecule has 1 aromatic rings. The monoisotopic (exact) mass is 188 g/mol. The zero-order valence-corrected chi connectivity index (χ0v) is 6.98. The van der Waals surface area contributed by atoms with Crippen molar-refractivity contribution in [2.24, 2.45) is 5.73 Å². The average molecular weight is 188 g/mol. The molecule has 6 heteroatoms. The van der Waals surface area contributed by atoms with Gasteiger partial charge in [-0.1, -0.05) is 12.6 Å². The van der Waals surface area contributed by atoms with E-state index in [1.165, 1.54) is 5.38 Å². The molecule has 1 rings (SSSR count). The Morgan fingerprint density at radius 1 is 1.64 bits per heavy atom. The van der Waals surface area contributed by atoms with Crippen LogP contribution >= 0.6 is 24.0 Å². The predicted molar refractivity (Wildman–Crippen MR) is 43.9 cm³/mol. The van der Waals surface area contributed by atoms with Gasteiger partial charge >= 0.3 is 0 Å². The van der Waals surface area contributed by atoms with Crippen LogP contribution in [0.3, 0.4) is 0 Å². The van der Waals surface area contributed by atoms with Crippen molar-refractivity contribution in [1.82, 2.24) is 4.98 Å². The van der Waals surface area contributed by atoms with Gasteiger partial charge in [0.1, 0.15) is 5.69 Å². The number of primary amides is 1. The Kier molecular flexibility index (Phi) is 2.25. The standard InChI is InChI=1S/C5H4N2O2S2/c6-3(8)4-7-2(1-11-4)5(9)10/h1H,(H2,6,8)(H,9,10). The maximum absolute atomic E-state index is 10.5. The first kappa shape index (κ1) is 8.22. The Hall–Kier alpha value is -0.880. The molecule has 11 heavy (non-hydrogen) atoms. The smallest absolute Gasteiger partial charge is 0.277 e. The summed E-state index contributed by atoms with van der Waals surface area (Å²) in [6, 6.07) is 0. The van der Waals surface area contributed by atoms with E-state index in [0.717, 1.165) is 11.3 Å². The summed E-state index contributed by atoms with van der Waals surface area (Å²) in [5.74, 6) is -0.629. The summed E-state index contributed by atoms with van der Waals surface area (Å²) >= 11 is 4.55. The molecule has 0 spiro atoms. The lowest BCUT2D eigenvalue weighted by Crippen LogP contribution is -2.10. The predicted octanol–water partition coefficient (Wildman–Crippen LogP) is 0.312. The lowest BCUT2D eigenvalue weighted by molar-refractivity contribution is 0.1000. The van der Waals surface area contributed by atoms with E-state index < -0.39 is 11.0 Å². The van der Waals surface area contributed by atoms with Gasteiger partial charge in [-0.3, -0.25) is 9.59 Å². The summed E-state index contributed by atoms with van der Waals surface area (Å²) in [6.45, 7) is 0. The number of thiazole rings is 1. The van der Waals surface area contributed by atoms with Crippen molar-refractivity contribution in [3.63, 3.8) is 0 Å². The number of hydrogen-bond donors (Lipinski definition) is 2. The van der Waals surface area contributed by atoms with Crippen molar-refractivity contribution >= 4 is 35.0 Å². The van der Waals surface area contributed by atoms with E-state index in [9.17, 15) is 9.59 Å². The van der Waals surface area contributed by atoms with E-state index in [2.05, 4.69) is 17.6 Å². The first-order valence-corrected chi connectivity index (χ1v) is 3.92. The molecule has 58 valence electrons. The molecule has 0 saturated carbocycles. The lowest BCUT2D eigenvalue weighted by Gasteiger charge is -1.82. The van der Waals surface area contributed by atoms with Gasteiger partial charge in [-0.05, 0) is 0 Å². The summed E-state index contributed by atoms with van der Waals surface area (Å²) in [7, 11) is 0. The second-order valence-electron chi connectivity index (χ2n) is 1.71. The van der Waals surface area contributed by atoms with Crippen molar-refractivity contribution in [3.8, 4) is 0 Å². The highest BCUT2D eigenvalue weighted by molar-refractivity contribution is 7.97. The first-order valence-electron chi connectivity index (χ1n) is 2.60. The minimum absolute atomic E-state index is 0.127. The van der Waals surface area contributed by atoms with Crippen molar-refractivity contribution in [3.05, 3.63) is 16.1 Å². The van der Waals surface area contributed by atoms with Gasteiger partial charge < -0.3 is 5.73 Å². The number of rotatable bonds is 2. The molecule has 2 N–H and O–H groups in total. The fourth-order valence-electron chi connectivity index (χ4n) is 0.485. The third kappa shape index (κ3) is 1.78. The van der Waals surface area contributed by atoms with Gasteiger partial charge in [0.25, 0.3) is 5.91 Å². The van der Waals surface area contributed by atoms with Crippen LogP contribution in [0.4, 0.5) is 0 Å². The average Bonchev–Trinajstić information content (AvgIpc) is 2.33. The number of nitrogens with zero attached hydrogens (tertiary/aromatic N) is 1. The molecule has 1 aromatic heterocycles. The highest BCUT2D eigenvalue weighted by Gasteiger charge is 2.09. The van der Waals surface area contributed by atoms with Crippen molar-refractivity contribution in [2.75, 3.05) is 0 Å². The van der Waals surface area contributed by atoms with Crippen LogP contribution < -0.4 is 5.73 Å². The molecule has 0 bridgehead atoms. The Balaban J connectivity index is 2.99. The van der Waals surface area contributed by atoms with Gasteiger partial charge in [0.2, 0.25) is 5.12 Å². The van der Waals surface area contributed by atoms with Gasteiger partial charge in [0, 0.05) is 5.38 Å². The number of carbonyl (C=O) groups is 2. The molecule has 0 unspecified atom stereocenters. The van der Waals surface area contributed by atoms with E-state index >= 15 is 0 Å². The van der Waals surface area contributed by atoms with Crippen LogP contribution in [0.5, 0.6) is 0 Å². The summed E-state index contributed by atoms with van der Waals surface area (Å²) in [4.78, 5) is 24.6. The van der Waals surface area contributed by atoms with Crippen molar-refractivity contribution in [2.45, 2.75) is 0 Å².